The van der Waals surface area contributed by atoms with Crippen molar-refractivity contribution < 1.29 is 4.79 Å². The second-order valence-electron chi connectivity index (χ2n) is 4.58. The Hall–Kier alpha value is -1.20. The van der Waals surface area contributed by atoms with Crippen LogP contribution >= 0.6 is 23.4 Å². The van der Waals surface area contributed by atoms with Gasteiger partial charge in [-0.1, -0.05) is 36.7 Å². The summed E-state index contributed by atoms with van der Waals surface area (Å²) in [6.07, 6.45) is 2.10. The van der Waals surface area contributed by atoms with E-state index in [-0.39, 0.29) is 5.91 Å². The fraction of sp³-hybridized carbons (Fsp3) is 0.429. The van der Waals surface area contributed by atoms with E-state index < -0.39 is 0 Å². The number of carbonyl (C=O) groups is 1. The van der Waals surface area contributed by atoms with Gasteiger partial charge in [0.15, 0.2) is 5.16 Å². The zero-order valence-electron chi connectivity index (χ0n) is 11.6. The van der Waals surface area contributed by atoms with E-state index in [9.17, 15) is 4.79 Å². The van der Waals surface area contributed by atoms with Crippen molar-refractivity contribution in [3.05, 3.63) is 23.2 Å². The van der Waals surface area contributed by atoms with Crippen molar-refractivity contribution >= 4 is 40.3 Å². The summed E-state index contributed by atoms with van der Waals surface area (Å²) < 4.78 is 1.98. The first kappa shape index (κ1) is 15.2. The first-order valence-electron chi connectivity index (χ1n) is 6.63. The summed E-state index contributed by atoms with van der Waals surface area (Å²) in [5, 5.41) is 4.40. The lowest BCUT2D eigenvalue weighted by molar-refractivity contribution is -0.118. The number of carbonyl (C=O) groups excluding carboxylic acids is 1. The van der Waals surface area contributed by atoms with E-state index in [1.165, 1.54) is 11.8 Å². The maximum Gasteiger partial charge on any atom is 0.230 e. The van der Waals surface area contributed by atoms with Gasteiger partial charge in [0.1, 0.15) is 0 Å². The van der Waals surface area contributed by atoms with Crippen LogP contribution in [0.4, 0.5) is 0 Å². The van der Waals surface area contributed by atoms with Crippen molar-refractivity contribution in [2.75, 3.05) is 12.3 Å². The highest BCUT2D eigenvalue weighted by molar-refractivity contribution is 7.99. The summed E-state index contributed by atoms with van der Waals surface area (Å²) in [5.41, 5.74) is 1.87. The largest absolute Gasteiger partial charge is 0.355 e. The minimum absolute atomic E-state index is 0.0496. The molecular weight excluding hydrogens is 294 g/mol. The number of aromatic nitrogens is 2. The van der Waals surface area contributed by atoms with E-state index in [1.807, 2.05) is 29.8 Å². The van der Waals surface area contributed by atoms with Crippen LogP contribution < -0.4 is 5.32 Å². The zero-order chi connectivity index (χ0) is 14.5. The minimum Gasteiger partial charge on any atom is -0.355 e. The molecule has 2 aromatic rings. The Morgan fingerprint density at radius 3 is 3.05 bits per heavy atom. The Bertz CT molecular complexity index is 612. The van der Waals surface area contributed by atoms with E-state index in [2.05, 4.69) is 17.2 Å². The number of nitrogens with zero attached hydrogens (tertiary/aromatic N) is 2. The molecule has 1 aromatic heterocycles. The standard InChI is InChI=1S/C14H18ClN3OS/c1-3-4-7-16-13(19)9-20-14-17-11-8-10(15)5-6-12(11)18(14)2/h5-6,8H,3-4,7,9H2,1-2H3,(H,16,19). The minimum atomic E-state index is 0.0496. The number of rotatable bonds is 6. The molecule has 0 aliphatic heterocycles. The Morgan fingerprint density at radius 2 is 2.30 bits per heavy atom. The molecular formula is C14H18ClN3OS. The lowest BCUT2D eigenvalue weighted by Crippen LogP contribution is -2.26. The normalized spacial score (nSPS) is 10.9. The Labute approximate surface area is 127 Å². The Kier molecular flexibility index (Phi) is 5.31. The third-order valence-electron chi connectivity index (χ3n) is 2.99. The molecule has 1 heterocycles. The maximum atomic E-state index is 11.7. The second kappa shape index (κ2) is 6.99. The molecule has 0 aliphatic carbocycles. The van der Waals surface area contributed by atoms with Crippen LogP contribution in [0, 0.1) is 0 Å². The first-order chi connectivity index (χ1) is 9.61. The van der Waals surface area contributed by atoms with E-state index in [1.54, 1.807) is 0 Å². The van der Waals surface area contributed by atoms with Gasteiger partial charge >= 0.3 is 0 Å². The van der Waals surface area contributed by atoms with Crippen LogP contribution in [0.3, 0.4) is 0 Å². The van der Waals surface area contributed by atoms with Crippen LogP contribution in [-0.2, 0) is 11.8 Å². The average molecular weight is 312 g/mol. The molecule has 20 heavy (non-hydrogen) atoms. The van der Waals surface area contributed by atoms with Gasteiger partial charge in [0.05, 0.1) is 16.8 Å². The van der Waals surface area contributed by atoms with Gasteiger partial charge in [0.2, 0.25) is 5.91 Å². The molecule has 0 fully saturated rings. The number of hydrogen-bond donors (Lipinski definition) is 1. The molecule has 0 spiro atoms. The van der Waals surface area contributed by atoms with Crippen molar-refractivity contribution in [2.45, 2.75) is 24.9 Å². The van der Waals surface area contributed by atoms with E-state index in [0.717, 1.165) is 35.6 Å². The van der Waals surface area contributed by atoms with Gasteiger partial charge in [-0.25, -0.2) is 4.98 Å². The highest BCUT2D eigenvalue weighted by Crippen LogP contribution is 2.24. The first-order valence-corrected chi connectivity index (χ1v) is 7.99. The van der Waals surface area contributed by atoms with Crippen LogP contribution in [0.5, 0.6) is 0 Å². The molecule has 1 amide bonds. The van der Waals surface area contributed by atoms with E-state index in [4.69, 9.17) is 11.6 Å². The number of fused-ring (bicyclic) bond motifs is 1. The molecule has 4 nitrogen and oxygen atoms in total. The lowest BCUT2D eigenvalue weighted by Gasteiger charge is -2.04. The molecule has 0 saturated heterocycles. The smallest absolute Gasteiger partial charge is 0.230 e. The molecule has 6 heteroatoms. The summed E-state index contributed by atoms with van der Waals surface area (Å²) in [5.74, 6) is 0.433. The van der Waals surface area contributed by atoms with Crippen LogP contribution in [0.25, 0.3) is 11.0 Å². The third-order valence-corrected chi connectivity index (χ3v) is 4.25. The summed E-state index contributed by atoms with van der Waals surface area (Å²) in [6.45, 7) is 2.85. The lowest BCUT2D eigenvalue weighted by atomic mass is 10.3. The van der Waals surface area contributed by atoms with Crippen LogP contribution in [-0.4, -0.2) is 27.8 Å². The number of unbranched alkanes of at least 4 members (excludes halogenated alkanes) is 1. The van der Waals surface area contributed by atoms with Crippen molar-refractivity contribution in [1.29, 1.82) is 0 Å². The Morgan fingerprint density at radius 1 is 1.50 bits per heavy atom. The van der Waals surface area contributed by atoms with Gasteiger partial charge < -0.3 is 9.88 Å². The topological polar surface area (TPSA) is 46.9 Å². The molecule has 1 N–H and O–H groups in total. The van der Waals surface area contributed by atoms with Crippen molar-refractivity contribution in [3.63, 3.8) is 0 Å². The van der Waals surface area contributed by atoms with Crippen molar-refractivity contribution in [2.24, 2.45) is 7.05 Å². The molecule has 0 atom stereocenters. The maximum absolute atomic E-state index is 11.7. The van der Waals surface area contributed by atoms with Crippen LogP contribution in [0.1, 0.15) is 19.8 Å². The highest BCUT2D eigenvalue weighted by atomic mass is 35.5. The number of amides is 1. The van der Waals surface area contributed by atoms with E-state index in [0.29, 0.717) is 10.8 Å². The predicted octanol–water partition coefficient (Wildman–Crippen LogP) is 3.24. The quantitative estimate of drug-likeness (QED) is 0.658. The molecule has 2 rings (SSSR count). The highest BCUT2D eigenvalue weighted by Gasteiger charge is 2.10. The molecule has 0 unspecified atom stereocenters. The average Bonchev–Trinajstić information content (AvgIpc) is 2.73. The summed E-state index contributed by atoms with van der Waals surface area (Å²) in [4.78, 5) is 16.2. The van der Waals surface area contributed by atoms with Gasteiger partial charge in [0, 0.05) is 18.6 Å². The molecule has 1 aromatic carbocycles. The van der Waals surface area contributed by atoms with Crippen LogP contribution in [0.2, 0.25) is 5.02 Å². The molecule has 0 aliphatic rings. The molecule has 0 radical (unpaired) electrons. The van der Waals surface area contributed by atoms with Crippen molar-refractivity contribution in [3.8, 4) is 0 Å². The van der Waals surface area contributed by atoms with Gasteiger partial charge in [-0.2, -0.15) is 0 Å². The molecule has 0 bridgehead atoms. The third kappa shape index (κ3) is 3.67. The number of thioether (sulfide) groups is 1. The van der Waals surface area contributed by atoms with Gasteiger partial charge in [0.25, 0.3) is 0 Å². The van der Waals surface area contributed by atoms with Gasteiger partial charge in [-0.15, -0.1) is 0 Å². The Balaban J connectivity index is 1.99. The van der Waals surface area contributed by atoms with E-state index >= 15 is 0 Å². The zero-order valence-corrected chi connectivity index (χ0v) is 13.2. The predicted molar refractivity (Wildman–Crippen MR) is 84.4 cm³/mol. The number of halogens is 1. The number of imidazole rings is 1. The SMILES string of the molecule is CCCCNC(=O)CSc1nc2cc(Cl)ccc2n1C. The fourth-order valence-corrected chi connectivity index (χ4v) is 2.85. The monoisotopic (exact) mass is 311 g/mol. The number of hydrogen-bond acceptors (Lipinski definition) is 3. The second-order valence-corrected chi connectivity index (χ2v) is 5.96. The summed E-state index contributed by atoms with van der Waals surface area (Å²) >= 11 is 7.40. The summed E-state index contributed by atoms with van der Waals surface area (Å²) in [7, 11) is 1.94. The number of nitrogens with one attached hydrogen (secondary N) is 1. The number of benzene rings is 1. The van der Waals surface area contributed by atoms with Crippen molar-refractivity contribution in [1.82, 2.24) is 14.9 Å². The number of aryl methyl sites for hydroxylation is 1. The fourth-order valence-electron chi connectivity index (χ4n) is 1.87. The van der Waals surface area contributed by atoms with Gasteiger partial charge in [-0.05, 0) is 24.6 Å². The van der Waals surface area contributed by atoms with Crippen LogP contribution in [0.15, 0.2) is 23.4 Å². The molecule has 0 saturated carbocycles. The molecule has 108 valence electrons. The van der Waals surface area contributed by atoms with Gasteiger partial charge in [-0.3, -0.25) is 4.79 Å². The summed E-state index contributed by atoms with van der Waals surface area (Å²) in [6, 6.07) is 5.62.